The molecule has 0 N–H and O–H groups in total. The number of amides is 1. The summed E-state index contributed by atoms with van der Waals surface area (Å²) in [7, 11) is 0. The van der Waals surface area contributed by atoms with Gasteiger partial charge in [-0.1, -0.05) is 41.5 Å². The van der Waals surface area contributed by atoms with Crippen molar-refractivity contribution in [3.8, 4) is 0 Å². The van der Waals surface area contributed by atoms with Crippen molar-refractivity contribution < 1.29 is 4.79 Å². The molecule has 0 saturated heterocycles. The Balaban J connectivity index is 4.08. The Morgan fingerprint density at radius 2 is 1.20 bits per heavy atom. The molecule has 1 amide bonds. The second kappa shape index (κ2) is 6.86. The molecule has 0 bridgehead atoms. The molecule has 2 heteroatoms. The molecular formula is C13H26NO. The summed E-state index contributed by atoms with van der Waals surface area (Å²) in [5.41, 5.74) is 0. The molecule has 0 aromatic carbocycles. The summed E-state index contributed by atoms with van der Waals surface area (Å²) in [5, 5.41) is 0. The van der Waals surface area contributed by atoms with Crippen molar-refractivity contribution in [3.63, 3.8) is 0 Å². The molecule has 0 rings (SSSR count). The van der Waals surface area contributed by atoms with Crippen LogP contribution >= 0.6 is 0 Å². The van der Waals surface area contributed by atoms with Gasteiger partial charge in [0.1, 0.15) is 0 Å². The van der Waals surface area contributed by atoms with Gasteiger partial charge >= 0.3 is 6.41 Å². The second-order valence-corrected chi connectivity index (χ2v) is 5.44. The molecule has 0 aliphatic carbocycles. The quantitative estimate of drug-likeness (QED) is 0.594. The first-order valence-corrected chi connectivity index (χ1v) is 6.01. The maximum Gasteiger partial charge on any atom is 0.312 e. The zero-order chi connectivity index (χ0) is 12.0. The summed E-state index contributed by atoms with van der Waals surface area (Å²) < 4.78 is 0. The molecule has 89 valence electrons. The topological polar surface area (TPSA) is 20.3 Å². The summed E-state index contributed by atoms with van der Waals surface area (Å²) in [6.07, 6.45) is 2.06. The minimum atomic E-state index is 0.547. The van der Waals surface area contributed by atoms with E-state index in [1.165, 1.54) is 0 Å². The Hall–Kier alpha value is -0.530. The van der Waals surface area contributed by atoms with Crippen LogP contribution in [0, 0.1) is 23.7 Å². The fourth-order valence-electron chi connectivity index (χ4n) is 1.27. The van der Waals surface area contributed by atoms with E-state index in [1.807, 2.05) is 0 Å². The average molecular weight is 212 g/mol. The summed E-state index contributed by atoms with van der Waals surface area (Å²) in [5.74, 6) is 2.34. The van der Waals surface area contributed by atoms with Crippen LogP contribution in [0.15, 0.2) is 0 Å². The lowest BCUT2D eigenvalue weighted by Crippen LogP contribution is -2.34. The van der Waals surface area contributed by atoms with Gasteiger partial charge in [-0.2, -0.15) is 0 Å². The summed E-state index contributed by atoms with van der Waals surface area (Å²) in [4.78, 5) is 12.6. The molecule has 2 atom stereocenters. The molecule has 1 radical (unpaired) electrons. The zero-order valence-electron chi connectivity index (χ0n) is 11.1. The molecule has 0 aromatic heterocycles. The smallest absolute Gasteiger partial charge is 0.312 e. The predicted molar refractivity (Wildman–Crippen MR) is 65.3 cm³/mol. The van der Waals surface area contributed by atoms with Gasteiger partial charge in [0.15, 0.2) is 0 Å². The standard InChI is InChI=1S/C13H26NO/c1-10(2)12(5)7-14(9-15)8-13(6)11(3)4/h10-13H,7-8H2,1-6H3. The lowest BCUT2D eigenvalue weighted by Gasteiger charge is -2.27. The first kappa shape index (κ1) is 14.5. The molecule has 0 aliphatic rings. The largest absolute Gasteiger partial charge is 0.334 e. The van der Waals surface area contributed by atoms with Crippen molar-refractivity contribution in [3.05, 3.63) is 0 Å². The molecule has 15 heavy (non-hydrogen) atoms. The van der Waals surface area contributed by atoms with Crippen LogP contribution in [0.2, 0.25) is 0 Å². The van der Waals surface area contributed by atoms with Gasteiger partial charge in [-0.05, 0) is 23.7 Å². The van der Waals surface area contributed by atoms with E-state index < -0.39 is 0 Å². The van der Waals surface area contributed by atoms with Crippen molar-refractivity contribution in [1.29, 1.82) is 0 Å². The van der Waals surface area contributed by atoms with Crippen LogP contribution in [0.3, 0.4) is 0 Å². The van der Waals surface area contributed by atoms with E-state index >= 15 is 0 Å². The normalized spacial score (nSPS) is 15.5. The second-order valence-electron chi connectivity index (χ2n) is 5.44. The molecular weight excluding hydrogens is 186 g/mol. The summed E-state index contributed by atoms with van der Waals surface area (Å²) in [6, 6.07) is 0. The first-order chi connectivity index (χ1) is 6.88. The number of carbonyl (C=O) groups excluding carboxylic acids is 1. The highest BCUT2D eigenvalue weighted by molar-refractivity contribution is 5.48. The van der Waals surface area contributed by atoms with Crippen molar-refractivity contribution in [2.75, 3.05) is 13.1 Å². The van der Waals surface area contributed by atoms with E-state index in [0.29, 0.717) is 23.7 Å². The van der Waals surface area contributed by atoms with E-state index in [0.717, 1.165) is 13.1 Å². The number of hydrogen-bond acceptors (Lipinski definition) is 1. The molecule has 0 fully saturated rings. The molecule has 0 heterocycles. The minimum absolute atomic E-state index is 0.547. The third-order valence-electron chi connectivity index (χ3n) is 3.42. The lowest BCUT2D eigenvalue weighted by molar-refractivity contribution is 0.239. The van der Waals surface area contributed by atoms with Gasteiger partial charge in [0, 0.05) is 13.1 Å². The molecule has 0 aromatic rings. The van der Waals surface area contributed by atoms with E-state index in [2.05, 4.69) is 48.0 Å². The Kier molecular flexibility index (Phi) is 6.62. The van der Waals surface area contributed by atoms with Gasteiger partial charge in [-0.25, -0.2) is 0 Å². The van der Waals surface area contributed by atoms with Crippen molar-refractivity contribution in [1.82, 2.24) is 4.90 Å². The Bertz CT molecular complexity index is 161. The van der Waals surface area contributed by atoms with Gasteiger partial charge in [-0.15, -0.1) is 0 Å². The van der Waals surface area contributed by atoms with Gasteiger partial charge in [-0.3, -0.25) is 4.79 Å². The molecule has 2 nitrogen and oxygen atoms in total. The Labute approximate surface area is 95.0 Å². The van der Waals surface area contributed by atoms with E-state index in [9.17, 15) is 4.79 Å². The van der Waals surface area contributed by atoms with Gasteiger partial charge in [0.05, 0.1) is 0 Å². The van der Waals surface area contributed by atoms with Crippen molar-refractivity contribution in [2.45, 2.75) is 41.5 Å². The molecule has 0 spiro atoms. The highest BCUT2D eigenvalue weighted by atomic mass is 16.1. The SMILES string of the molecule is CC(C)C(C)CN([C]=O)CC(C)C(C)C. The van der Waals surface area contributed by atoms with Crippen LogP contribution < -0.4 is 0 Å². The van der Waals surface area contributed by atoms with Gasteiger partial charge in [0.25, 0.3) is 0 Å². The molecule has 0 saturated carbocycles. The fraction of sp³-hybridized carbons (Fsp3) is 0.923. The van der Waals surface area contributed by atoms with Crippen LogP contribution in [0.4, 0.5) is 0 Å². The van der Waals surface area contributed by atoms with Crippen LogP contribution in [-0.2, 0) is 4.79 Å². The fourth-order valence-corrected chi connectivity index (χ4v) is 1.27. The summed E-state index contributed by atoms with van der Waals surface area (Å²) >= 11 is 0. The maximum atomic E-state index is 10.8. The highest BCUT2D eigenvalue weighted by Gasteiger charge is 2.16. The average Bonchev–Trinajstić information content (AvgIpc) is 2.15. The first-order valence-electron chi connectivity index (χ1n) is 6.01. The molecule has 2 unspecified atom stereocenters. The van der Waals surface area contributed by atoms with Crippen LogP contribution in [0.1, 0.15) is 41.5 Å². The minimum Gasteiger partial charge on any atom is -0.334 e. The molecule has 0 aliphatic heterocycles. The van der Waals surface area contributed by atoms with Crippen molar-refractivity contribution in [2.24, 2.45) is 23.7 Å². The Morgan fingerprint density at radius 1 is 0.867 bits per heavy atom. The van der Waals surface area contributed by atoms with Crippen LogP contribution in [-0.4, -0.2) is 24.4 Å². The highest BCUT2D eigenvalue weighted by Crippen LogP contribution is 2.14. The predicted octanol–water partition coefficient (Wildman–Crippen LogP) is 2.94. The maximum absolute atomic E-state index is 10.8. The number of hydrogen-bond donors (Lipinski definition) is 0. The van der Waals surface area contributed by atoms with E-state index in [1.54, 1.807) is 4.90 Å². The van der Waals surface area contributed by atoms with E-state index in [-0.39, 0.29) is 0 Å². The third kappa shape index (κ3) is 5.81. The van der Waals surface area contributed by atoms with Crippen LogP contribution in [0.25, 0.3) is 0 Å². The lowest BCUT2D eigenvalue weighted by atomic mass is 9.95. The van der Waals surface area contributed by atoms with Gasteiger partial charge in [0.2, 0.25) is 0 Å². The number of rotatable bonds is 7. The zero-order valence-corrected chi connectivity index (χ0v) is 11.1. The summed E-state index contributed by atoms with van der Waals surface area (Å²) in [6.45, 7) is 14.8. The van der Waals surface area contributed by atoms with Gasteiger partial charge < -0.3 is 4.90 Å². The van der Waals surface area contributed by atoms with Crippen LogP contribution in [0.5, 0.6) is 0 Å². The third-order valence-corrected chi connectivity index (χ3v) is 3.42. The van der Waals surface area contributed by atoms with E-state index in [4.69, 9.17) is 0 Å². The number of nitrogens with zero attached hydrogens (tertiary/aromatic N) is 1. The monoisotopic (exact) mass is 212 g/mol. The van der Waals surface area contributed by atoms with Crippen molar-refractivity contribution >= 4 is 6.41 Å². The Morgan fingerprint density at radius 3 is 1.40 bits per heavy atom.